The molecule has 4 rings (SSSR count). The van der Waals surface area contributed by atoms with Crippen molar-refractivity contribution in [1.29, 1.82) is 0 Å². The van der Waals surface area contributed by atoms with Gasteiger partial charge in [0.2, 0.25) is 5.95 Å². The van der Waals surface area contributed by atoms with Crippen molar-refractivity contribution in [2.24, 2.45) is 0 Å². The van der Waals surface area contributed by atoms with Gasteiger partial charge in [0.15, 0.2) is 0 Å². The molecule has 1 aliphatic heterocycles. The molecule has 144 valence electrons. The van der Waals surface area contributed by atoms with Crippen molar-refractivity contribution in [3.63, 3.8) is 0 Å². The van der Waals surface area contributed by atoms with E-state index in [1.54, 1.807) is 18.3 Å². The highest BCUT2D eigenvalue weighted by Crippen LogP contribution is 2.41. The molecule has 0 bridgehead atoms. The minimum absolute atomic E-state index is 0.0694. The maximum absolute atomic E-state index is 13.1. The first-order valence-electron chi connectivity index (χ1n) is 9.59. The van der Waals surface area contributed by atoms with Gasteiger partial charge in [-0.2, -0.15) is 0 Å². The minimum atomic E-state index is -0.269. The summed E-state index contributed by atoms with van der Waals surface area (Å²) in [7, 11) is 0. The van der Waals surface area contributed by atoms with E-state index < -0.39 is 0 Å². The van der Waals surface area contributed by atoms with Gasteiger partial charge < -0.3 is 10.6 Å². The molecule has 0 fully saturated rings. The van der Waals surface area contributed by atoms with Crippen LogP contribution in [-0.2, 0) is 0 Å². The van der Waals surface area contributed by atoms with E-state index >= 15 is 0 Å². The van der Waals surface area contributed by atoms with Crippen LogP contribution in [0.3, 0.4) is 0 Å². The monoisotopic (exact) mass is 376 g/mol. The van der Waals surface area contributed by atoms with Crippen LogP contribution in [0.1, 0.15) is 44.2 Å². The van der Waals surface area contributed by atoms with E-state index in [0.29, 0.717) is 11.9 Å². The van der Waals surface area contributed by atoms with Crippen molar-refractivity contribution in [2.75, 3.05) is 10.6 Å². The average molecular weight is 376 g/mol. The molecule has 1 aromatic heterocycles. The minimum Gasteiger partial charge on any atom is -0.380 e. The number of rotatable bonds is 3. The van der Waals surface area contributed by atoms with E-state index in [0.717, 1.165) is 23.4 Å². The summed E-state index contributed by atoms with van der Waals surface area (Å²) in [4.78, 5) is 8.99. The van der Waals surface area contributed by atoms with Gasteiger partial charge >= 0.3 is 0 Å². The number of nitrogens with zero attached hydrogens (tertiary/aromatic N) is 2. The van der Waals surface area contributed by atoms with Gasteiger partial charge in [-0.15, -0.1) is 0 Å². The number of aryl methyl sites for hydroxylation is 1. The molecule has 0 saturated heterocycles. The van der Waals surface area contributed by atoms with E-state index in [2.05, 4.69) is 60.4 Å². The first-order chi connectivity index (χ1) is 13.3. The third-order valence-corrected chi connectivity index (χ3v) is 5.25. The van der Waals surface area contributed by atoms with Gasteiger partial charge in [-0.05, 0) is 80.6 Å². The Morgan fingerprint density at radius 1 is 1.14 bits per heavy atom. The van der Waals surface area contributed by atoms with Crippen LogP contribution < -0.4 is 10.6 Å². The Hall–Kier alpha value is -2.95. The summed E-state index contributed by atoms with van der Waals surface area (Å²) in [5.74, 6) is 0.734. The molecule has 0 spiro atoms. The molecule has 0 saturated carbocycles. The van der Waals surface area contributed by atoms with Gasteiger partial charge in [-0.3, -0.25) is 0 Å². The smallest absolute Gasteiger partial charge is 0.227 e. The topological polar surface area (TPSA) is 49.8 Å². The number of fused-ring (bicyclic) bond motifs is 1. The number of halogens is 1. The van der Waals surface area contributed by atoms with Crippen LogP contribution in [0.4, 0.5) is 21.7 Å². The van der Waals surface area contributed by atoms with Crippen molar-refractivity contribution in [3.8, 4) is 11.3 Å². The lowest BCUT2D eigenvalue weighted by Gasteiger charge is -2.38. The lowest BCUT2D eigenvalue weighted by molar-refractivity contribution is 0.454. The second-order valence-electron chi connectivity index (χ2n) is 8.27. The predicted molar refractivity (Wildman–Crippen MR) is 113 cm³/mol. The molecule has 1 atom stereocenters. The summed E-state index contributed by atoms with van der Waals surface area (Å²) >= 11 is 0. The molecule has 1 unspecified atom stereocenters. The first-order valence-corrected chi connectivity index (χ1v) is 9.59. The second kappa shape index (κ2) is 6.89. The number of aromatic nitrogens is 2. The van der Waals surface area contributed by atoms with Crippen molar-refractivity contribution in [1.82, 2.24) is 9.97 Å². The van der Waals surface area contributed by atoms with Crippen LogP contribution in [0.5, 0.6) is 0 Å². The van der Waals surface area contributed by atoms with E-state index in [1.165, 1.54) is 28.9 Å². The molecule has 5 heteroatoms. The van der Waals surface area contributed by atoms with Gasteiger partial charge in [-0.25, -0.2) is 14.4 Å². The van der Waals surface area contributed by atoms with Crippen molar-refractivity contribution < 1.29 is 4.39 Å². The molecule has 3 aromatic rings. The fourth-order valence-corrected chi connectivity index (χ4v) is 4.04. The van der Waals surface area contributed by atoms with E-state index in [-0.39, 0.29) is 11.4 Å². The summed E-state index contributed by atoms with van der Waals surface area (Å²) in [6.07, 6.45) is 2.85. The number of hydrogen-bond acceptors (Lipinski definition) is 4. The Kier molecular flexibility index (Phi) is 4.53. The van der Waals surface area contributed by atoms with Gasteiger partial charge in [0.1, 0.15) is 5.82 Å². The van der Waals surface area contributed by atoms with E-state index in [9.17, 15) is 4.39 Å². The Morgan fingerprint density at radius 2 is 1.89 bits per heavy atom. The summed E-state index contributed by atoms with van der Waals surface area (Å²) in [6, 6.07) is 12.6. The molecule has 0 aliphatic carbocycles. The van der Waals surface area contributed by atoms with Crippen LogP contribution >= 0.6 is 0 Å². The predicted octanol–water partition coefficient (Wildman–Crippen LogP) is 6.03. The molecule has 0 radical (unpaired) electrons. The maximum Gasteiger partial charge on any atom is 0.227 e. The summed E-state index contributed by atoms with van der Waals surface area (Å²) in [6.45, 7) is 8.88. The standard InChI is InChI=1S/C23H25FN4/c1-14-11-18-15(2)13-23(3,4)28-21(18)12-19(14)20-9-10-25-22(27-20)26-17-7-5-16(24)6-8-17/h5-12,15,28H,13H2,1-4H3,(H,25,26,27). The molecule has 0 amide bonds. The Labute approximate surface area is 165 Å². The average Bonchev–Trinajstić information content (AvgIpc) is 2.63. The van der Waals surface area contributed by atoms with E-state index in [4.69, 9.17) is 0 Å². The third kappa shape index (κ3) is 3.70. The highest BCUT2D eigenvalue weighted by molar-refractivity contribution is 5.73. The number of benzene rings is 2. The fraction of sp³-hybridized carbons (Fsp3) is 0.304. The maximum atomic E-state index is 13.1. The molecule has 1 aliphatic rings. The van der Waals surface area contributed by atoms with Gasteiger partial charge in [-0.1, -0.05) is 13.0 Å². The fourth-order valence-electron chi connectivity index (χ4n) is 4.04. The number of hydrogen-bond donors (Lipinski definition) is 2. The molecule has 28 heavy (non-hydrogen) atoms. The summed E-state index contributed by atoms with van der Waals surface area (Å²) < 4.78 is 13.1. The molecule has 2 aromatic carbocycles. The molecule has 2 N–H and O–H groups in total. The quantitative estimate of drug-likeness (QED) is 0.586. The highest BCUT2D eigenvalue weighted by atomic mass is 19.1. The lowest BCUT2D eigenvalue weighted by atomic mass is 9.80. The van der Waals surface area contributed by atoms with Crippen LogP contribution in [0.25, 0.3) is 11.3 Å². The van der Waals surface area contributed by atoms with Gasteiger partial charge in [0.25, 0.3) is 0 Å². The molecular weight excluding hydrogens is 351 g/mol. The van der Waals surface area contributed by atoms with E-state index in [1.807, 2.05) is 6.07 Å². The van der Waals surface area contributed by atoms with Crippen LogP contribution in [0.2, 0.25) is 0 Å². The van der Waals surface area contributed by atoms with Crippen molar-refractivity contribution >= 4 is 17.3 Å². The van der Waals surface area contributed by atoms with Gasteiger partial charge in [0.05, 0.1) is 5.69 Å². The Balaban J connectivity index is 1.69. The zero-order valence-electron chi connectivity index (χ0n) is 16.7. The Bertz CT molecular complexity index is 1010. The number of anilines is 3. The molecule has 2 heterocycles. The van der Waals surface area contributed by atoms with Crippen LogP contribution in [-0.4, -0.2) is 15.5 Å². The highest BCUT2D eigenvalue weighted by Gasteiger charge is 2.29. The largest absolute Gasteiger partial charge is 0.380 e. The summed E-state index contributed by atoms with van der Waals surface area (Å²) in [5.41, 5.74) is 6.49. The zero-order chi connectivity index (χ0) is 19.9. The SMILES string of the molecule is Cc1cc2c(cc1-c1ccnc(Nc3ccc(F)cc3)n1)NC(C)(C)CC2C. The second-order valence-corrected chi connectivity index (χ2v) is 8.27. The van der Waals surface area contributed by atoms with Crippen LogP contribution in [0, 0.1) is 12.7 Å². The molecule has 4 nitrogen and oxygen atoms in total. The number of nitrogens with one attached hydrogen (secondary N) is 2. The lowest BCUT2D eigenvalue weighted by Crippen LogP contribution is -2.36. The van der Waals surface area contributed by atoms with Crippen molar-refractivity contribution in [2.45, 2.75) is 45.6 Å². The molecular formula is C23H25FN4. The van der Waals surface area contributed by atoms with Crippen LogP contribution in [0.15, 0.2) is 48.7 Å². The zero-order valence-corrected chi connectivity index (χ0v) is 16.7. The first kappa shape index (κ1) is 18.4. The summed E-state index contributed by atoms with van der Waals surface area (Å²) in [5, 5.41) is 6.81. The van der Waals surface area contributed by atoms with Crippen molar-refractivity contribution in [3.05, 3.63) is 65.6 Å². The Morgan fingerprint density at radius 3 is 2.64 bits per heavy atom. The normalized spacial score (nSPS) is 17.5. The van der Waals surface area contributed by atoms with Gasteiger partial charge in [0, 0.05) is 28.7 Å². The third-order valence-electron chi connectivity index (χ3n) is 5.25.